The van der Waals surface area contributed by atoms with Gasteiger partial charge in [-0.25, -0.2) is 4.79 Å². The quantitative estimate of drug-likeness (QED) is 0.586. The molecule has 82 valence electrons. The van der Waals surface area contributed by atoms with Gasteiger partial charge in [0.1, 0.15) is 5.60 Å². The van der Waals surface area contributed by atoms with Crippen molar-refractivity contribution in [3.63, 3.8) is 0 Å². The minimum atomic E-state index is -1.42. The third kappa shape index (κ3) is 6.24. The van der Waals surface area contributed by atoms with Gasteiger partial charge in [-0.05, 0) is 20.8 Å². The first kappa shape index (κ1) is 12.7. The molecule has 0 aliphatic heterocycles. The Bertz CT molecular complexity index is 222. The third-order valence-corrected chi connectivity index (χ3v) is 1.17. The highest BCUT2D eigenvalue weighted by Gasteiger charge is 2.16. The number of nitrogens with two attached hydrogens (primary N) is 1. The molecule has 0 spiro atoms. The van der Waals surface area contributed by atoms with Crippen LogP contribution in [0.3, 0.4) is 0 Å². The highest BCUT2D eigenvalue weighted by atomic mass is 16.6. The molecule has 0 saturated carbocycles. The van der Waals surface area contributed by atoms with Crippen molar-refractivity contribution in [3.05, 3.63) is 0 Å². The molecule has 0 radical (unpaired) electrons. The molecule has 0 aromatic rings. The number of carboxylic acids is 1. The molecule has 0 aliphatic carbocycles. The fourth-order valence-corrected chi connectivity index (χ4v) is 0.591. The molecule has 0 aromatic heterocycles. The molecule has 0 rings (SSSR count). The fourth-order valence-electron chi connectivity index (χ4n) is 0.591. The van der Waals surface area contributed by atoms with Crippen molar-refractivity contribution in [3.8, 4) is 0 Å². The van der Waals surface area contributed by atoms with Gasteiger partial charge in [-0.15, -0.1) is 0 Å². The van der Waals surface area contributed by atoms with Crippen molar-refractivity contribution in [1.82, 2.24) is 5.32 Å². The van der Waals surface area contributed by atoms with Gasteiger partial charge in [-0.3, -0.25) is 0 Å². The second-order valence-corrected chi connectivity index (χ2v) is 3.81. The van der Waals surface area contributed by atoms with Crippen molar-refractivity contribution >= 4 is 12.1 Å². The topological polar surface area (TPSA) is 104 Å². The Kier molecular flexibility index (Phi) is 4.36. The Morgan fingerprint density at radius 2 is 2.00 bits per heavy atom. The van der Waals surface area contributed by atoms with Crippen LogP contribution in [0, 0.1) is 0 Å². The van der Waals surface area contributed by atoms with Crippen LogP contribution >= 0.6 is 0 Å². The lowest BCUT2D eigenvalue weighted by molar-refractivity contribution is -0.307. The summed E-state index contributed by atoms with van der Waals surface area (Å²) >= 11 is 0. The van der Waals surface area contributed by atoms with E-state index >= 15 is 0 Å². The van der Waals surface area contributed by atoms with Crippen LogP contribution in [-0.4, -0.2) is 30.3 Å². The number of carbonyl (C=O) groups is 2. The van der Waals surface area contributed by atoms with Crippen LogP contribution in [0.4, 0.5) is 4.79 Å². The summed E-state index contributed by atoms with van der Waals surface area (Å²) in [5.41, 5.74) is 4.48. The summed E-state index contributed by atoms with van der Waals surface area (Å²) < 4.78 is 4.85. The van der Waals surface area contributed by atoms with Crippen molar-refractivity contribution in [2.24, 2.45) is 5.73 Å². The molecule has 0 heterocycles. The molecule has 6 heteroatoms. The van der Waals surface area contributed by atoms with Gasteiger partial charge in [0, 0.05) is 6.54 Å². The van der Waals surface area contributed by atoms with Gasteiger partial charge in [0.15, 0.2) is 0 Å². The minimum Gasteiger partial charge on any atom is -0.548 e. The lowest BCUT2D eigenvalue weighted by Gasteiger charge is -2.20. The van der Waals surface area contributed by atoms with Crippen LogP contribution < -0.4 is 16.2 Å². The number of nitrogens with one attached hydrogen (secondary N) is 1. The molecule has 3 N–H and O–H groups in total. The number of alkyl carbamates (subject to hydrolysis) is 1. The Labute approximate surface area is 82.4 Å². The summed E-state index contributed by atoms with van der Waals surface area (Å²) in [5.74, 6) is -1.42. The van der Waals surface area contributed by atoms with Crippen molar-refractivity contribution in [1.29, 1.82) is 0 Å². The van der Waals surface area contributed by atoms with E-state index in [2.05, 4.69) is 5.32 Å². The number of hydrogen-bond donors (Lipinski definition) is 2. The molecule has 0 aromatic carbocycles. The predicted molar refractivity (Wildman–Crippen MR) is 47.2 cm³/mol. The van der Waals surface area contributed by atoms with E-state index in [1.165, 1.54) is 0 Å². The summed E-state index contributed by atoms with van der Waals surface area (Å²) in [6.07, 6.45) is -0.700. The second kappa shape index (κ2) is 4.80. The van der Waals surface area contributed by atoms with E-state index in [4.69, 9.17) is 10.5 Å². The average Bonchev–Trinajstić information content (AvgIpc) is 1.96. The zero-order valence-corrected chi connectivity index (χ0v) is 8.49. The van der Waals surface area contributed by atoms with Crippen molar-refractivity contribution in [2.45, 2.75) is 32.4 Å². The standard InChI is InChI=1S/C8H16N2O4/c1-8(2,3)14-7(13)10-4-5(9)6(11)12/h5H,4,9H2,1-3H3,(H,10,13)(H,11,12)/p-1/t5-/m0/s1. The summed E-state index contributed by atoms with van der Waals surface area (Å²) in [6, 6.07) is -1.22. The molecule has 1 amide bonds. The van der Waals surface area contributed by atoms with E-state index in [0.717, 1.165) is 0 Å². The third-order valence-electron chi connectivity index (χ3n) is 1.17. The highest BCUT2D eigenvalue weighted by Crippen LogP contribution is 2.05. The van der Waals surface area contributed by atoms with Crippen LogP contribution in [0.15, 0.2) is 0 Å². The van der Waals surface area contributed by atoms with Crippen LogP contribution in [0.25, 0.3) is 0 Å². The molecule has 0 unspecified atom stereocenters. The van der Waals surface area contributed by atoms with Gasteiger partial charge in [-0.2, -0.15) is 0 Å². The van der Waals surface area contributed by atoms with E-state index in [9.17, 15) is 14.7 Å². The number of hydrogen-bond acceptors (Lipinski definition) is 5. The van der Waals surface area contributed by atoms with E-state index < -0.39 is 23.7 Å². The maximum Gasteiger partial charge on any atom is 0.407 e. The fraction of sp³-hybridized carbons (Fsp3) is 0.750. The van der Waals surface area contributed by atoms with Gasteiger partial charge >= 0.3 is 6.09 Å². The van der Waals surface area contributed by atoms with Gasteiger partial charge in [0.25, 0.3) is 0 Å². The predicted octanol–water partition coefficient (Wildman–Crippen LogP) is -1.41. The first-order valence-corrected chi connectivity index (χ1v) is 4.15. The molecular weight excluding hydrogens is 188 g/mol. The number of aliphatic carboxylic acids is 1. The number of ether oxygens (including phenoxy) is 1. The van der Waals surface area contributed by atoms with Gasteiger partial charge < -0.3 is 25.7 Å². The molecule has 0 saturated heterocycles. The number of carbonyl (C=O) groups excluding carboxylic acids is 2. The first-order valence-electron chi connectivity index (χ1n) is 4.15. The van der Waals surface area contributed by atoms with Crippen LogP contribution in [0.1, 0.15) is 20.8 Å². The summed E-state index contributed by atoms with van der Waals surface area (Å²) in [7, 11) is 0. The van der Waals surface area contributed by atoms with Crippen LogP contribution in [0.5, 0.6) is 0 Å². The van der Waals surface area contributed by atoms with E-state index in [-0.39, 0.29) is 6.54 Å². The van der Waals surface area contributed by atoms with E-state index in [1.54, 1.807) is 20.8 Å². The molecule has 0 fully saturated rings. The van der Waals surface area contributed by atoms with E-state index in [1.807, 2.05) is 0 Å². The SMILES string of the molecule is CC(C)(C)OC(=O)NC[C@H](N)C(=O)[O-]. The molecule has 1 atom stereocenters. The number of amides is 1. The summed E-state index contributed by atoms with van der Waals surface area (Å²) in [6.45, 7) is 4.89. The second-order valence-electron chi connectivity index (χ2n) is 3.81. The molecule has 6 nitrogen and oxygen atoms in total. The van der Waals surface area contributed by atoms with Gasteiger partial charge in [0.2, 0.25) is 0 Å². The van der Waals surface area contributed by atoms with Gasteiger partial charge in [-0.1, -0.05) is 0 Å². The average molecular weight is 203 g/mol. The zero-order valence-electron chi connectivity index (χ0n) is 8.49. The lowest BCUT2D eigenvalue weighted by Crippen LogP contribution is -2.49. The first-order chi connectivity index (χ1) is 6.22. The Hall–Kier alpha value is -1.30. The molecule has 14 heavy (non-hydrogen) atoms. The number of rotatable bonds is 3. The summed E-state index contributed by atoms with van der Waals surface area (Å²) in [5, 5.41) is 12.4. The van der Waals surface area contributed by atoms with Crippen molar-refractivity contribution in [2.75, 3.05) is 6.54 Å². The molecule has 0 bridgehead atoms. The lowest BCUT2D eigenvalue weighted by atomic mass is 10.2. The Balaban J connectivity index is 3.81. The monoisotopic (exact) mass is 203 g/mol. The Morgan fingerprint density at radius 3 is 2.36 bits per heavy atom. The van der Waals surface area contributed by atoms with Gasteiger partial charge in [0.05, 0.1) is 12.0 Å². The van der Waals surface area contributed by atoms with Crippen molar-refractivity contribution < 1.29 is 19.4 Å². The highest BCUT2D eigenvalue weighted by molar-refractivity contribution is 5.73. The normalized spacial score (nSPS) is 13.1. The smallest absolute Gasteiger partial charge is 0.407 e. The maximum absolute atomic E-state index is 11.0. The van der Waals surface area contributed by atoms with Crippen LogP contribution in [-0.2, 0) is 9.53 Å². The van der Waals surface area contributed by atoms with Crippen LogP contribution in [0.2, 0.25) is 0 Å². The van der Waals surface area contributed by atoms with E-state index in [0.29, 0.717) is 0 Å². The largest absolute Gasteiger partial charge is 0.548 e. The molecular formula is C8H15N2O4-. The minimum absolute atomic E-state index is 0.211. The maximum atomic E-state index is 11.0. The summed E-state index contributed by atoms with van der Waals surface area (Å²) in [4.78, 5) is 21.2. The number of carboxylic acid groups (broad SMARTS) is 1. The zero-order chi connectivity index (χ0) is 11.4. The molecule has 0 aliphatic rings. The Morgan fingerprint density at radius 1 is 1.50 bits per heavy atom.